The molecule has 1 saturated carbocycles. The molecule has 1 aromatic heterocycles. The van der Waals surface area contributed by atoms with Gasteiger partial charge in [0.1, 0.15) is 5.75 Å². The molecule has 5 nitrogen and oxygen atoms in total. The number of rotatable bonds is 4. The first-order chi connectivity index (χ1) is 9.92. The van der Waals surface area contributed by atoms with Crippen molar-refractivity contribution in [1.82, 2.24) is 10.1 Å². The van der Waals surface area contributed by atoms with Gasteiger partial charge in [-0.05, 0) is 30.5 Å². The van der Waals surface area contributed by atoms with E-state index in [4.69, 9.17) is 10.3 Å². The second-order valence-electron chi connectivity index (χ2n) is 4.86. The first kappa shape index (κ1) is 13.9. The van der Waals surface area contributed by atoms with E-state index in [1.54, 1.807) is 6.07 Å². The molecule has 2 aromatic rings. The zero-order valence-corrected chi connectivity index (χ0v) is 10.8. The fourth-order valence-electron chi connectivity index (χ4n) is 1.92. The van der Waals surface area contributed by atoms with Crippen LogP contribution in [-0.2, 0) is 0 Å². The predicted molar refractivity (Wildman–Crippen MR) is 65.4 cm³/mol. The van der Waals surface area contributed by atoms with Gasteiger partial charge in [-0.3, -0.25) is 0 Å². The summed E-state index contributed by atoms with van der Waals surface area (Å²) in [7, 11) is 0. The van der Waals surface area contributed by atoms with E-state index in [1.807, 2.05) is 0 Å². The number of nitrogens with zero attached hydrogens (tertiary/aromatic N) is 2. The molecule has 8 heteroatoms. The summed E-state index contributed by atoms with van der Waals surface area (Å²) in [5.74, 6) is 0.740. The van der Waals surface area contributed by atoms with Gasteiger partial charge < -0.3 is 15.0 Å². The van der Waals surface area contributed by atoms with Crippen molar-refractivity contribution in [2.45, 2.75) is 31.2 Å². The Morgan fingerprint density at radius 1 is 1.33 bits per heavy atom. The highest BCUT2D eigenvalue weighted by molar-refractivity contribution is 5.33. The van der Waals surface area contributed by atoms with Crippen LogP contribution < -0.4 is 10.5 Å². The Morgan fingerprint density at radius 2 is 2.10 bits per heavy atom. The Hall–Kier alpha value is -2.09. The highest BCUT2D eigenvalue weighted by Gasteiger charge is 2.32. The third kappa shape index (κ3) is 3.33. The molecule has 2 N–H and O–H groups in total. The lowest BCUT2D eigenvalue weighted by Crippen LogP contribution is -2.18. The maximum Gasteiger partial charge on any atom is 0.573 e. The van der Waals surface area contributed by atoms with Gasteiger partial charge in [0.25, 0.3) is 0 Å². The average Bonchev–Trinajstić information content (AvgIpc) is 3.14. The minimum absolute atomic E-state index is 0.251. The molecule has 21 heavy (non-hydrogen) atoms. The van der Waals surface area contributed by atoms with Crippen molar-refractivity contribution in [2.24, 2.45) is 5.73 Å². The van der Waals surface area contributed by atoms with Crippen LogP contribution in [0.2, 0.25) is 0 Å². The van der Waals surface area contributed by atoms with Gasteiger partial charge in [0.2, 0.25) is 5.89 Å². The largest absolute Gasteiger partial charge is 0.573 e. The number of hydrogen-bond acceptors (Lipinski definition) is 5. The lowest BCUT2D eigenvalue weighted by Gasteiger charge is -2.12. The van der Waals surface area contributed by atoms with Crippen molar-refractivity contribution >= 4 is 0 Å². The fourth-order valence-corrected chi connectivity index (χ4v) is 1.92. The molecule has 1 atom stereocenters. The van der Waals surface area contributed by atoms with Crippen molar-refractivity contribution in [3.8, 4) is 5.75 Å². The number of halogens is 3. The van der Waals surface area contributed by atoms with Crippen molar-refractivity contribution in [1.29, 1.82) is 0 Å². The van der Waals surface area contributed by atoms with E-state index in [9.17, 15) is 13.2 Å². The van der Waals surface area contributed by atoms with E-state index >= 15 is 0 Å². The minimum atomic E-state index is -4.74. The smallest absolute Gasteiger partial charge is 0.406 e. The molecule has 112 valence electrons. The maximum atomic E-state index is 12.2. The molecule has 1 aliphatic carbocycles. The summed E-state index contributed by atoms with van der Waals surface area (Å²) >= 11 is 0. The average molecular weight is 299 g/mol. The van der Waals surface area contributed by atoms with E-state index in [-0.39, 0.29) is 11.6 Å². The minimum Gasteiger partial charge on any atom is -0.406 e. The summed E-state index contributed by atoms with van der Waals surface area (Å²) in [6, 6.07) is 4.66. The van der Waals surface area contributed by atoms with Gasteiger partial charge >= 0.3 is 6.36 Å². The number of hydrogen-bond donors (Lipinski definition) is 1. The second kappa shape index (κ2) is 5.03. The fraction of sp³-hybridized carbons (Fsp3) is 0.385. The second-order valence-corrected chi connectivity index (χ2v) is 4.86. The zero-order valence-electron chi connectivity index (χ0n) is 10.8. The Bertz CT molecular complexity index is 638. The van der Waals surface area contributed by atoms with E-state index in [0.29, 0.717) is 17.4 Å². The summed E-state index contributed by atoms with van der Waals surface area (Å²) in [6.45, 7) is 0. The lowest BCUT2D eigenvalue weighted by molar-refractivity contribution is -0.274. The Balaban J connectivity index is 1.79. The summed E-state index contributed by atoms with van der Waals surface area (Å²) < 4.78 is 45.6. The van der Waals surface area contributed by atoms with E-state index < -0.39 is 12.4 Å². The van der Waals surface area contributed by atoms with Crippen LogP contribution >= 0.6 is 0 Å². The van der Waals surface area contributed by atoms with Gasteiger partial charge in [0, 0.05) is 5.92 Å². The van der Waals surface area contributed by atoms with Crippen LogP contribution in [0.3, 0.4) is 0 Å². The molecule has 0 amide bonds. The molecule has 3 rings (SSSR count). The lowest BCUT2D eigenvalue weighted by atomic mass is 10.1. The van der Waals surface area contributed by atoms with E-state index in [0.717, 1.165) is 12.8 Å². The molecule has 0 aliphatic heterocycles. The molecule has 0 bridgehead atoms. The number of alkyl halides is 3. The first-order valence-electron chi connectivity index (χ1n) is 6.37. The van der Waals surface area contributed by atoms with Gasteiger partial charge in [-0.1, -0.05) is 17.3 Å². The van der Waals surface area contributed by atoms with Crippen LogP contribution in [0, 0.1) is 0 Å². The first-order valence-corrected chi connectivity index (χ1v) is 6.37. The predicted octanol–water partition coefficient (Wildman–Crippen LogP) is 2.89. The van der Waals surface area contributed by atoms with Crippen LogP contribution in [0.4, 0.5) is 13.2 Å². The van der Waals surface area contributed by atoms with Crippen molar-refractivity contribution < 1.29 is 22.4 Å². The van der Waals surface area contributed by atoms with Crippen LogP contribution in [0.5, 0.6) is 5.75 Å². The molecule has 1 unspecified atom stereocenters. The molecule has 1 aliphatic rings. The highest BCUT2D eigenvalue weighted by atomic mass is 19.4. The van der Waals surface area contributed by atoms with E-state index in [1.165, 1.54) is 18.2 Å². The molecule has 0 saturated heterocycles. The van der Waals surface area contributed by atoms with Gasteiger partial charge in [-0.25, -0.2) is 0 Å². The van der Waals surface area contributed by atoms with Gasteiger partial charge in [0.05, 0.1) is 6.04 Å². The van der Waals surface area contributed by atoms with E-state index in [2.05, 4.69) is 14.9 Å². The van der Waals surface area contributed by atoms with Gasteiger partial charge in [0.15, 0.2) is 5.82 Å². The molecule has 0 radical (unpaired) electrons. The number of aromatic nitrogens is 2. The number of benzene rings is 1. The molecule has 1 fully saturated rings. The molecule has 0 spiro atoms. The maximum absolute atomic E-state index is 12.2. The van der Waals surface area contributed by atoms with Crippen LogP contribution in [-0.4, -0.2) is 16.5 Å². The van der Waals surface area contributed by atoms with Crippen molar-refractivity contribution in [3.05, 3.63) is 41.5 Å². The summed E-state index contributed by atoms with van der Waals surface area (Å²) in [4.78, 5) is 4.19. The summed E-state index contributed by atoms with van der Waals surface area (Å²) in [5, 5.41) is 3.78. The standard InChI is InChI=1S/C13H12F3N3O2/c14-13(15,16)20-9-3-1-2-8(6-9)10(17)11-18-12(21-19-11)7-4-5-7/h1-3,6-7,10H,4-5,17H2. The third-order valence-electron chi connectivity index (χ3n) is 3.11. The van der Waals surface area contributed by atoms with Gasteiger partial charge in [-0.15, -0.1) is 13.2 Å². The monoisotopic (exact) mass is 299 g/mol. The SMILES string of the molecule is NC(c1cccc(OC(F)(F)F)c1)c1noc(C2CC2)n1. The number of ether oxygens (including phenoxy) is 1. The summed E-state index contributed by atoms with van der Waals surface area (Å²) in [5.41, 5.74) is 6.38. The molecular formula is C13H12F3N3O2. The van der Waals surface area contributed by atoms with Gasteiger partial charge in [-0.2, -0.15) is 4.98 Å². The zero-order chi connectivity index (χ0) is 15.0. The van der Waals surface area contributed by atoms with Crippen LogP contribution in [0.25, 0.3) is 0 Å². The molecule has 1 heterocycles. The van der Waals surface area contributed by atoms with Crippen LogP contribution in [0.15, 0.2) is 28.8 Å². The van der Waals surface area contributed by atoms with Crippen molar-refractivity contribution in [3.63, 3.8) is 0 Å². The third-order valence-corrected chi connectivity index (χ3v) is 3.11. The highest BCUT2D eigenvalue weighted by Crippen LogP contribution is 2.39. The Labute approximate surface area is 117 Å². The number of nitrogens with two attached hydrogens (primary N) is 1. The molecular weight excluding hydrogens is 287 g/mol. The van der Waals surface area contributed by atoms with Crippen molar-refractivity contribution in [2.75, 3.05) is 0 Å². The topological polar surface area (TPSA) is 74.2 Å². The van der Waals surface area contributed by atoms with Crippen LogP contribution in [0.1, 0.15) is 42.1 Å². The quantitative estimate of drug-likeness (QED) is 0.939. The normalized spacial score (nSPS) is 16.8. The Kier molecular flexibility index (Phi) is 3.32. The summed E-state index contributed by atoms with van der Waals surface area (Å²) in [6.07, 6.45) is -2.73. The Morgan fingerprint density at radius 3 is 2.76 bits per heavy atom. The molecule has 1 aromatic carbocycles.